The molecule has 1 heterocycles. The van der Waals surface area contributed by atoms with Crippen LogP contribution in [0.5, 0.6) is 17.2 Å². The molecule has 0 spiro atoms. The van der Waals surface area contributed by atoms with E-state index in [1.54, 1.807) is 32.9 Å². The third kappa shape index (κ3) is 8.80. The molecule has 0 radical (unpaired) electrons. The molecule has 0 atom stereocenters. The van der Waals surface area contributed by atoms with Crippen molar-refractivity contribution in [2.24, 2.45) is 0 Å². The van der Waals surface area contributed by atoms with Crippen molar-refractivity contribution in [3.63, 3.8) is 0 Å². The lowest BCUT2D eigenvalue weighted by atomic mass is 10.1. The lowest BCUT2D eigenvalue weighted by Crippen LogP contribution is -2.34. The first-order chi connectivity index (χ1) is 22.4. The number of carbonyl (C=O) groups excluding carboxylic acids is 1. The van der Waals surface area contributed by atoms with Gasteiger partial charge >= 0.3 is 17.9 Å². The van der Waals surface area contributed by atoms with E-state index in [2.05, 4.69) is 10.1 Å². The first-order valence-corrected chi connectivity index (χ1v) is 16.3. The zero-order valence-electron chi connectivity index (χ0n) is 26.8. The van der Waals surface area contributed by atoms with Crippen molar-refractivity contribution in [2.45, 2.75) is 57.8 Å². The van der Waals surface area contributed by atoms with Crippen molar-refractivity contribution in [3.05, 3.63) is 92.2 Å². The zero-order chi connectivity index (χ0) is 36.0. The minimum atomic E-state index is -4.52. The number of aromatic nitrogens is 3. The third-order valence-electron chi connectivity index (χ3n) is 6.73. The SMILES string of the molecule is CCN(CC)C(=O)n1cnc(S(=O)(=O)c2c(C)cc(C)cc2C)n1.CCOc1cc(Oc2ccc(C(F)(F)F)cc2Cl)ccc1[N+](=O)[O-]. The molecular formula is C31H33ClF3N5O7S. The summed E-state index contributed by atoms with van der Waals surface area (Å²) in [4.78, 5) is 28.1. The Morgan fingerprint density at radius 1 is 1.00 bits per heavy atom. The van der Waals surface area contributed by atoms with Gasteiger partial charge in [-0.25, -0.2) is 18.2 Å². The lowest BCUT2D eigenvalue weighted by Gasteiger charge is -2.17. The van der Waals surface area contributed by atoms with Gasteiger partial charge in [-0.1, -0.05) is 29.3 Å². The second-order valence-corrected chi connectivity index (χ2v) is 12.4. The number of nitrogens with zero attached hydrogens (tertiary/aromatic N) is 5. The van der Waals surface area contributed by atoms with Gasteiger partial charge in [0.1, 0.15) is 17.8 Å². The summed E-state index contributed by atoms with van der Waals surface area (Å²) in [6.07, 6.45) is -3.37. The molecule has 258 valence electrons. The molecule has 0 fully saturated rings. The first kappa shape index (κ1) is 37.8. The van der Waals surface area contributed by atoms with E-state index in [9.17, 15) is 36.5 Å². The highest BCUT2D eigenvalue weighted by Gasteiger charge is 2.31. The van der Waals surface area contributed by atoms with Crippen LogP contribution in [0.15, 0.2) is 64.9 Å². The molecule has 17 heteroatoms. The fourth-order valence-corrected chi connectivity index (χ4v) is 6.40. The van der Waals surface area contributed by atoms with Crippen LogP contribution >= 0.6 is 11.6 Å². The summed E-state index contributed by atoms with van der Waals surface area (Å²) in [5.74, 6) is 0.120. The second-order valence-electron chi connectivity index (χ2n) is 10.2. The van der Waals surface area contributed by atoms with E-state index in [0.29, 0.717) is 24.2 Å². The molecule has 0 saturated heterocycles. The quantitative estimate of drug-likeness (QED) is 0.125. The van der Waals surface area contributed by atoms with Crippen LogP contribution in [0.25, 0.3) is 0 Å². The van der Waals surface area contributed by atoms with Gasteiger partial charge in [0.25, 0.3) is 5.16 Å². The van der Waals surface area contributed by atoms with E-state index in [1.807, 2.05) is 20.8 Å². The van der Waals surface area contributed by atoms with Crippen LogP contribution in [-0.4, -0.2) is 58.7 Å². The van der Waals surface area contributed by atoms with Gasteiger partial charge in [0.2, 0.25) is 15.6 Å². The van der Waals surface area contributed by atoms with Crippen LogP contribution in [0.3, 0.4) is 0 Å². The van der Waals surface area contributed by atoms with E-state index < -0.39 is 32.5 Å². The number of ether oxygens (including phenoxy) is 2. The number of carbonyl (C=O) groups is 1. The summed E-state index contributed by atoms with van der Waals surface area (Å²) in [6.45, 7) is 11.9. The number of benzene rings is 3. The van der Waals surface area contributed by atoms with Crippen molar-refractivity contribution in [1.82, 2.24) is 19.7 Å². The normalized spacial score (nSPS) is 11.4. The minimum Gasteiger partial charge on any atom is -0.487 e. The molecule has 0 unspecified atom stereocenters. The Kier molecular flexibility index (Phi) is 12.2. The number of hydrogen-bond donors (Lipinski definition) is 0. The van der Waals surface area contributed by atoms with Crippen LogP contribution < -0.4 is 9.47 Å². The fraction of sp³-hybridized carbons (Fsp3) is 0.323. The van der Waals surface area contributed by atoms with Crippen LogP contribution in [0.2, 0.25) is 5.02 Å². The average Bonchev–Trinajstić information content (AvgIpc) is 3.50. The molecule has 0 bridgehead atoms. The highest BCUT2D eigenvalue weighted by molar-refractivity contribution is 7.91. The van der Waals surface area contributed by atoms with Gasteiger partial charge in [-0.3, -0.25) is 10.1 Å². The molecule has 0 aliphatic heterocycles. The van der Waals surface area contributed by atoms with E-state index in [-0.39, 0.29) is 44.6 Å². The Hall–Kier alpha value is -4.70. The van der Waals surface area contributed by atoms with Gasteiger partial charge in [0, 0.05) is 25.2 Å². The maximum atomic E-state index is 12.9. The molecule has 0 saturated carbocycles. The van der Waals surface area contributed by atoms with Crippen molar-refractivity contribution < 1.29 is 40.8 Å². The predicted molar refractivity (Wildman–Crippen MR) is 171 cm³/mol. The summed E-state index contributed by atoms with van der Waals surface area (Å²) in [5, 5.41) is 14.2. The van der Waals surface area contributed by atoms with Crippen LogP contribution in [0.4, 0.5) is 23.7 Å². The summed E-state index contributed by atoms with van der Waals surface area (Å²) in [6, 6.07) is 9.61. The zero-order valence-corrected chi connectivity index (χ0v) is 28.4. The van der Waals surface area contributed by atoms with Crippen molar-refractivity contribution in [2.75, 3.05) is 19.7 Å². The van der Waals surface area contributed by atoms with E-state index in [4.69, 9.17) is 21.1 Å². The molecule has 1 amide bonds. The Morgan fingerprint density at radius 3 is 2.15 bits per heavy atom. The number of halogens is 4. The summed E-state index contributed by atoms with van der Waals surface area (Å²) >= 11 is 5.80. The molecular weight excluding hydrogens is 679 g/mol. The van der Waals surface area contributed by atoms with Crippen LogP contribution in [0, 0.1) is 30.9 Å². The number of amides is 1. The Labute approximate surface area is 280 Å². The Bertz CT molecular complexity index is 1890. The number of alkyl halides is 3. The van der Waals surface area contributed by atoms with E-state index in [1.165, 1.54) is 23.1 Å². The third-order valence-corrected chi connectivity index (χ3v) is 8.87. The molecule has 0 aliphatic rings. The molecule has 12 nitrogen and oxygen atoms in total. The average molecular weight is 712 g/mol. The standard InChI is InChI=1S/C16H22N4O3S.C15H11ClF3NO4/c1-6-19(7-2)16(21)20-10-17-15(18-20)24(22,23)14-12(4)8-11(3)9-13(14)5;1-2-23-14-8-10(4-5-12(14)20(21)22)24-13-6-3-9(7-11(13)16)15(17,18)19/h8-10H,6-7H2,1-5H3;3-8H,2H2,1H3. The number of sulfone groups is 1. The maximum Gasteiger partial charge on any atom is 0.416 e. The smallest absolute Gasteiger partial charge is 0.416 e. The first-order valence-electron chi connectivity index (χ1n) is 14.4. The molecule has 4 aromatic rings. The van der Waals surface area contributed by atoms with Gasteiger partial charge in [-0.2, -0.15) is 17.9 Å². The maximum absolute atomic E-state index is 12.9. The predicted octanol–water partition coefficient (Wildman–Crippen LogP) is 7.80. The summed E-state index contributed by atoms with van der Waals surface area (Å²) in [7, 11) is -3.88. The number of nitro benzene ring substituents is 1. The summed E-state index contributed by atoms with van der Waals surface area (Å²) < 4.78 is 75.1. The van der Waals surface area contributed by atoms with Crippen LogP contribution in [0.1, 0.15) is 43.0 Å². The molecule has 0 aliphatic carbocycles. The van der Waals surface area contributed by atoms with Crippen molar-refractivity contribution in [1.29, 1.82) is 0 Å². The van der Waals surface area contributed by atoms with Gasteiger partial charge in [0.05, 0.1) is 27.0 Å². The van der Waals surface area contributed by atoms with Crippen molar-refractivity contribution in [3.8, 4) is 17.2 Å². The number of nitro groups is 1. The number of rotatable bonds is 9. The lowest BCUT2D eigenvalue weighted by molar-refractivity contribution is -0.385. The number of aryl methyl sites for hydroxylation is 3. The molecule has 0 N–H and O–H groups in total. The fourth-order valence-electron chi connectivity index (χ4n) is 4.65. The van der Waals surface area contributed by atoms with Gasteiger partial charge in [0.15, 0.2) is 0 Å². The van der Waals surface area contributed by atoms with Gasteiger partial charge in [-0.05, 0) is 76.9 Å². The molecule has 4 rings (SSSR count). The van der Waals surface area contributed by atoms with E-state index >= 15 is 0 Å². The number of hydrogen-bond acceptors (Lipinski definition) is 9. The highest BCUT2D eigenvalue weighted by Crippen LogP contribution is 2.38. The monoisotopic (exact) mass is 711 g/mol. The Morgan fingerprint density at radius 2 is 1.62 bits per heavy atom. The van der Waals surface area contributed by atoms with Gasteiger partial charge in [-0.15, -0.1) is 5.10 Å². The van der Waals surface area contributed by atoms with Gasteiger partial charge < -0.3 is 14.4 Å². The van der Waals surface area contributed by atoms with Crippen molar-refractivity contribution >= 4 is 33.2 Å². The highest BCUT2D eigenvalue weighted by atomic mass is 35.5. The molecule has 1 aromatic heterocycles. The Balaban J connectivity index is 0.000000260. The van der Waals surface area contributed by atoms with Crippen LogP contribution in [-0.2, 0) is 16.0 Å². The topological polar surface area (TPSA) is 147 Å². The summed E-state index contributed by atoms with van der Waals surface area (Å²) in [5.41, 5.74) is 1.11. The minimum absolute atomic E-state index is 0.0111. The molecule has 48 heavy (non-hydrogen) atoms. The molecule has 3 aromatic carbocycles. The van der Waals surface area contributed by atoms with E-state index in [0.717, 1.165) is 34.8 Å². The second kappa shape index (κ2) is 15.5. The largest absolute Gasteiger partial charge is 0.487 e.